The van der Waals surface area contributed by atoms with Crippen LogP contribution in [0.1, 0.15) is 26.2 Å². The number of aliphatic imine (C=N–C) groups is 1. The minimum Gasteiger partial charge on any atom is -0.387 e. The van der Waals surface area contributed by atoms with Crippen LogP contribution in [0.5, 0.6) is 0 Å². The average Bonchev–Trinajstić information content (AvgIpc) is 1.97. The van der Waals surface area contributed by atoms with Crippen LogP contribution in [0, 0.1) is 5.92 Å². The highest BCUT2D eigenvalue weighted by molar-refractivity contribution is 5.85. The predicted molar refractivity (Wildman–Crippen MR) is 46.8 cm³/mol. The van der Waals surface area contributed by atoms with E-state index in [0.717, 1.165) is 24.7 Å². The van der Waals surface area contributed by atoms with E-state index in [2.05, 4.69) is 11.9 Å². The molecule has 0 saturated heterocycles. The van der Waals surface area contributed by atoms with Crippen molar-refractivity contribution in [2.24, 2.45) is 16.6 Å². The van der Waals surface area contributed by atoms with Crippen molar-refractivity contribution in [3.63, 3.8) is 0 Å². The fourth-order valence-electron chi connectivity index (χ4n) is 1.08. The fraction of sp³-hybridized carbons (Fsp3) is 0.857. The molecule has 1 rings (SSSR count). The van der Waals surface area contributed by atoms with Crippen LogP contribution in [0.4, 0.5) is 0 Å². The molecule has 0 spiro atoms. The Kier molecular flexibility index (Phi) is 4.45. The molecule has 1 heterocycles. The molecule has 0 aliphatic carbocycles. The lowest BCUT2D eigenvalue weighted by molar-refractivity contribution is 0.543. The Morgan fingerprint density at radius 3 is 3.00 bits per heavy atom. The topological polar surface area (TPSA) is 38.4 Å². The van der Waals surface area contributed by atoms with Crippen molar-refractivity contribution in [1.82, 2.24) is 0 Å². The lowest BCUT2D eigenvalue weighted by Gasteiger charge is -2.00. The minimum absolute atomic E-state index is 0. The second-order valence-electron chi connectivity index (χ2n) is 2.83. The molecule has 0 aromatic rings. The van der Waals surface area contributed by atoms with E-state index < -0.39 is 0 Å². The Hall–Kier alpha value is -0.240. The van der Waals surface area contributed by atoms with Crippen LogP contribution in [-0.4, -0.2) is 12.4 Å². The summed E-state index contributed by atoms with van der Waals surface area (Å²) in [5.41, 5.74) is 5.55. The van der Waals surface area contributed by atoms with E-state index >= 15 is 0 Å². The van der Waals surface area contributed by atoms with E-state index in [4.69, 9.17) is 5.73 Å². The number of hydrogen-bond acceptors (Lipinski definition) is 2. The highest BCUT2D eigenvalue weighted by Gasteiger charge is 2.05. The van der Waals surface area contributed by atoms with Crippen LogP contribution in [0.2, 0.25) is 0 Å². The molecule has 1 unspecified atom stereocenters. The summed E-state index contributed by atoms with van der Waals surface area (Å²) in [7, 11) is 0. The van der Waals surface area contributed by atoms with Gasteiger partial charge in [-0.15, -0.1) is 12.4 Å². The smallest absolute Gasteiger partial charge is 0.0937 e. The number of rotatable bonds is 0. The van der Waals surface area contributed by atoms with Gasteiger partial charge in [0.15, 0.2) is 0 Å². The number of halogens is 1. The normalized spacial score (nSPS) is 26.1. The molecule has 1 aliphatic rings. The first-order valence-corrected chi connectivity index (χ1v) is 3.58. The number of nitrogens with zero attached hydrogens (tertiary/aromatic N) is 1. The fourth-order valence-corrected chi connectivity index (χ4v) is 1.08. The van der Waals surface area contributed by atoms with Gasteiger partial charge < -0.3 is 5.73 Å². The summed E-state index contributed by atoms with van der Waals surface area (Å²) < 4.78 is 0. The van der Waals surface area contributed by atoms with Gasteiger partial charge in [0.25, 0.3) is 0 Å². The molecule has 10 heavy (non-hydrogen) atoms. The van der Waals surface area contributed by atoms with Gasteiger partial charge >= 0.3 is 0 Å². The van der Waals surface area contributed by atoms with Gasteiger partial charge in [-0.2, -0.15) is 0 Å². The molecule has 0 aromatic heterocycles. The van der Waals surface area contributed by atoms with E-state index in [9.17, 15) is 0 Å². The highest BCUT2D eigenvalue weighted by atomic mass is 35.5. The van der Waals surface area contributed by atoms with Gasteiger partial charge in [0, 0.05) is 13.0 Å². The molecule has 3 heteroatoms. The Balaban J connectivity index is 0.000000810. The van der Waals surface area contributed by atoms with Crippen LogP contribution < -0.4 is 5.73 Å². The van der Waals surface area contributed by atoms with Crippen molar-refractivity contribution in [2.45, 2.75) is 26.2 Å². The molecule has 1 atom stereocenters. The molecule has 1 aliphatic heterocycles. The van der Waals surface area contributed by atoms with Crippen molar-refractivity contribution in [1.29, 1.82) is 0 Å². The van der Waals surface area contributed by atoms with Gasteiger partial charge in [0.1, 0.15) is 0 Å². The monoisotopic (exact) mass is 162 g/mol. The maximum Gasteiger partial charge on any atom is 0.0937 e. The molecule has 2 N–H and O–H groups in total. The third-order valence-corrected chi connectivity index (χ3v) is 1.74. The van der Waals surface area contributed by atoms with Gasteiger partial charge in [-0.1, -0.05) is 6.92 Å². The van der Waals surface area contributed by atoms with E-state index in [0.29, 0.717) is 0 Å². The van der Waals surface area contributed by atoms with Gasteiger partial charge in [0.2, 0.25) is 0 Å². The van der Waals surface area contributed by atoms with Gasteiger partial charge in [0.05, 0.1) is 5.84 Å². The summed E-state index contributed by atoms with van der Waals surface area (Å²) in [4.78, 5) is 4.20. The van der Waals surface area contributed by atoms with E-state index in [1.54, 1.807) is 0 Å². The van der Waals surface area contributed by atoms with Crippen molar-refractivity contribution in [3.8, 4) is 0 Å². The summed E-state index contributed by atoms with van der Waals surface area (Å²) in [5.74, 6) is 1.59. The largest absolute Gasteiger partial charge is 0.387 e. The Morgan fingerprint density at radius 1 is 1.60 bits per heavy atom. The third-order valence-electron chi connectivity index (χ3n) is 1.74. The van der Waals surface area contributed by atoms with Crippen molar-refractivity contribution < 1.29 is 0 Å². The molecule has 0 radical (unpaired) electrons. The number of hydrogen-bond donors (Lipinski definition) is 1. The minimum atomic E-state index is 0. The van der Waals surface area contributed by atoms with Crippen molar-refractivity contribution >= 4 is 18.2 Å². The highest BCUT2D eigenvalue weighted by Crippen LogP contribution is 2.11. The summed E-state index contributed by atoms with van der Waals surface area (Å²) in [6.45, 7) is 3.16. The number of nitrogens with two attached hydrogens (primary N) is 1. The van der Waals surface area contributed by atoms with Crippen LogP contribution in [0.3, 0.4) is 0 Å². The van der Waals surface area contributed by atoms with Gasteiger partial charge in [-0.3, -0.25) is 4.99 Å². The predicted octanol–water partition coefficient (Wildman–Crippen LogP) is 1.59. The molecular formula is C7H15ClN2. The molecular weight excluding hydrogens is 148 g/mol. The zero-order valence-electron chi connectivity index (χ0n) is 6.34. The Morgan fingerprint density at radius 2 is 2.30 bits per heavy atom. The van der Waals surface area contributed by atoms with E-state index in [1.165, 1.54) is 12.8 Å². The molecule has 2 nitrogen and oxygen atoms in total. The maximum absolute atomic E-state index is 5.55. The van der Waals surface area contributed by atoms with Crippen molar-refractivity contribution in [3.05, 3.63) is 0 Å². The van der Waals surface area contributed by atoms with E-state index in [-0.39, 0.29) is 12.4 Å². The molecule has 0 fully saturated rings. The molecule has 0 bridgehead atoms. The van der Waals surface area contributed by atoms with Gasteiger partial charge in [-0.25, -0.2) is 0 Å². The Labute approximate surface area is 68.3 Å². The summed E-state index contributed by atoms with van der Waals surface area (Å²) in [6.07, 6.45) is 3.50. The second kappa shape index (κ2) is 4.56. The zero-order valence-corrected chi connectivity index (χ0v) is 7.16. The number of amidine groups is 1. The molecule has 0 aromatic carbocycles. The SMILES string of the molecule is CC1CCCC(N)=NC1.Cl. The van der Waals surface area contributed by atoms with Crippen LogP contribution >= 0.6 is 12.4 Å². The summed E-state index contributed by atoms with van der Waals surface area (Å²) in [6, 6.07) is 0. The summed E-state index contributed by atoms with van der Waals surface area (Å²) in [5, 5.41) is 0. The third kappa shape index (κ3) is 3.06. The lowest BCUT2D eigenvalue weighted by atomic mass is 10.1. The molecule has 60 valence electrons. The standard InChI is InChI=1S/C7H14N2.ClH/c1-6-3-2-4-7(8)9-5-6;/h6H,2-5H2,1H3,(H2,8,9);1H. The second-order valence-corrected chi connectivity index (χ2v) is 2.83. The van der Waals surface area contributed by atoms with Gasteiger partial charge in [-0.05, 0) is 18.8 Å². The lowest BCUT2D eigenvalue weighted by Crippen LogP contribution is -2.10. The zero-order chi connectivity index (χ0) is 6.69. The molecule has 0 saturated carbocycles. The van der Waals surface area contributed by atoms with E-state index in [1.807, 2.05) is 0 Å². The van der Waals surface area contributed by atoms with Crippen molar-refractivity contribution in [2.75, 3.05) is 6.54 Å². The maximum atomic E-state index is 5.55. The summed E-state index contributed by atoms with van der Waals surface area (Å²) >= 11 is 0. The average molecular weight is 163 g/mol. The quantitative estimate of drug-likeness (QED) is 0.577. The molecule has 0 amide bonds. The first-order valence-electron chi connectivity index (χ1n) is 3.58. The van der Waals surface area contributed by atoms with Crippen LogP contribution in [0.25, 0.3) is 0 Å². The Bertz CT molecular complexity index is 123. The van der Waals surface area contributed by atoms with Crippen LogP contribution in [-0.2, 0) is 0 Å². The van der Waals surface area contributed by atoms with Crippen LogP contribution in [0.15, 0.2) is 4.99 Å². The first kappa shape index (κ1) is 9.76. The first-order chi connectivity index (χ1) is 4.29.